The van der Waals surface area contributed by atoms with Crippen molar-refractivity contribution in [3.05, 3.63) is 47.3 Å². The summed E-state index contributed by atoms with van der Waals surface area (Å²) in [5.74, 6) is -0.0131. The van der Waals surface area contributed by atoms with E-state index in [2.05, 4.69) is 15.5 Å². The van der Waals surface area contributed by atoms with E-state index < -0.39 is 6.04 Å². The average Bonchev–Trinajstić information content (AvgIpc) is 2.84. The monoisotopic (exact) mass is 274 g/mol. The smallest absolute Gasteiger partial charge is 0.237 e. The van der Waals surface area contributed by atoms with Crippen molar-refractivity contribution in [1.82, 2.24) is 15.5 Å². The molecule has 1 aromatic heterocycles. The van der Waals surface area contributed by atoms with Gasteiger partial charge in [-0.15, -0.1) is 0 Å². The van der Waals surface area contributed by atoms with Gasteiger partial charge in [-0.05, 0) is 31.0 Å². The van der Waals surface area contributed by atoms with Crippen molar-refractivity contribution in [2.24, 2.45) is 5.73 Å². The molecule has 0 bridgehead atoms. The number of carbonyl (C=O) groups excluding carboxylic acids is 1. The third kappa shape index (κ3) is 3.58. The molecule has 0 fully saturated rings. The Bertz CT molecular complexity index is 577. The van der Waals surface area contributed by atoms with Crippen LogP contribution in [0.4, 0.5) is 0 Å². The Balaban J connectivity index is 1.86. The highest BCUT2D eigenvalue weighted by Crippen LogP contribution is 2.11. The van der Waals surface area contributed by atoms with Crippen LogP contribution in [0.25, 0.3) is 0 Å². The van der Waals surface area contributed by atoms with Crippen molar-refractivity contribution < 1.29 is 9.90 Å². The fraction of sp³-hybridized carbons (Fsp3) is 0.286. The SMILES string of the molecule is Cc1[nH]ncc1CNC(=O)C(N)Cc1ccc(O)cc1. The summed E-state index contributed by atoms with van der Waals surface area (Å²) in [5.41, 5.74) is 8.64. The lowest BCUT2D eigenvalue weighted by atomic mass is 10.1. The van der Waals surface area contributed by atoms with Gasteiger partial charge >= 0.3 is 0 Å². The Morgan fingerprint density at radius 1 is 1.45 bits per heavy atom. The van der Waals surface area contributed by atoms with Gasteiger partial charge in [0.25, 0.3) is 0 Å². The van der Waals surface area contributed by atoms with E-state index in [0.717, 1.165) is 16.8 Å². The number of aromatic amines is 1. The minimum Gasteiger partial charge on any atom is -0.508 e. The first-order chi connectivity index (χ1) is 9.56. The number of carbonyl (C=O) groups is 1. The van der Waals surface area contributed by atoms with Crippen LogP contribution >= 0.6 is 0 Å². The number of amides is 1. The van der Waals surface area contributed by atoms with Gasteiger partial charge in [0.1, 0.15) is 5.75 Å². The van der Waals surface area contributed by atoms with Crippen LogP contribution in [0.2, 0.25) is 0 Å². The number of nitrogens with zero attached hydrogens (tertiary/aromatic N) is 1. The van der Waals surface area contributed by atoms with Gasteiger partial charge in [-0.25, -0.2) is 0 Å². The normalized spacial score (nSPS) is 12.1. The molecule has 1 atom stereocenters. The van der Waals surface area contributed by atoms with Gasteiger partial charge in [0.2, 0.25) is 5.91 Å². The van der Waals surface area contributed by atoms with Crippen LogP contribution in [0.3, 0.4) is 0 Å². The van der Waals surface area contributed by atoms with E-state index in [1.54, 1.807) is 30.5 Å². The second kappa shape index (κ2) is 6.21. The number of benzene rings is 1. The zero-order valence-electron chi connectivity index (χ0n) is 11.3. The fourth-order valence-corrected chi connectivity index (χ4v) is 1.85. The van der Waals surface area contributed by atoms with Crippen molar-refractivity contribution in [2.45, 2.75) is 25.9 Å². The molecule has 106 valence electrons. The Kier molecular flexibility index (Phi) is 4.37. The molecule has 0 aliphatic heterocycles. The van der Waals surface area contributed by atoms with Crippen LogP contribution in [0.5, 0.6) is 5.75 Å². The number of aryl methyl sites for hydroxylation is 1. The van der Waals surface area contributed by atoms with Crippen molar-refractivity contribution in [1.29, 1.82) is 0 Å². The van der Waals surface area contributed by atoms with Gasteiger partial charge in [0, 0.05) is 17.8 Å². The van der Waals surface area contributed by atoms with Crippen molar-refractivity contribution in [3.8, 4) is 5.75 Å². The summed E-state index contributed by atoms with van der Waals surface area (Å²) in [7, 11) is 0. The van der Waals surface area contributed by atoms with Crippen LogP contribution < -0.4 is 11.1 Å². The van der Waals surface area contributed by atoms with Crippen molar-refractivity contribution >= 4 is 5.91 Å². The standard InChI is InChI=1S/C14H18N4O2/c1-9-11(8-17-18-9)7-16-14(20)13(15)6-10-2-4-12(19)5-3-10/h2-5,8,13,19H,6-7,15H2,1H3,(H,16,20)(H,17,18). The maximum Gasteiger partial charge on any atom is 0.237 e. The van der Waals surface area contributed by atoms with Gasteiger partial charge in [-0.1, -0.05) is 12.1 Å². The molecule has 0 aliphatic carbocycles. The number of phenols is 1. The van der Waals surface area contributed by atoms with E-state index in [4.69, 9.17) is 5.73 Å². The van der Waals surface area contributed by atoms with Gasteiger partial charge in [-0.2, -0.15) is 5.10 Å². The maximum absolute atomic E-state index is 11.9. The molecule has 1 unspecified atom stereocenters. The van der Waals surface area contributed by atoms with Crippen LogP contribution in [0.15, 0.2) is 30.5 Å². The number of hydrogen-bond acceptors (Lipinski definition) is 4. The summed E-state index contributed by atoms with van der Waals surface area (Å²) in [5, 5.41) is 18.7. The van der Waals surface area contributed by atoms with Gasteiger partial charge in [0.05, 0.1) is 12.2 Å². The minimum atomic E-state index is -0.619. The molecule has 5 N–H and O–H groups in total. The zero-order valence-corrected chi connectivity index (χ0v) is 11.3. The second-order valence-corrected chi connectivity index (χ2v) is 4.72. The Hall–Kier alpha value is -2.34. The van der Waals surface area contributed by atoms with Crippen LogP contribution in [0.1, 0.15) is 16.8 Å². The second-order valence-electron chi connectivity index (χ2n) is 4.72. The van der Waals surface area contributed by atoms with Gasteiger partial charge in [-0.3, -0.25) is 9.89 Å². The summed E-state index contributed by atoms with van der Waals surface area (Å²) in [6, 6.07) is 6.04. The Labute approximate surface area is 117 Å². The molecular weight excluding hydrogens is 256 g/mol. The highest BCUT2D eigenvalue weighted by molar-refractivity contribution is 5.81. The Morgan fingerprint density at radius 3 is 2.75 bits per heavy atom. The summed E-state index contributed by atoms with van der Waals surface area (Å²) in [6.07, 6.45) is 2.11. The highest BCUT2D eigenvalue weighted by Gasteiger charge is 2.14. The van der Waals surface area contributed by atoms with E-state index in [1.165, 1.54) is 0 Å². The molecule has 1 amide bonds. The number of H-pyrrole nitrogens is 1. The lowest BCUT2D eigenvalue weighted by molar-refractivity contribution is -0.122. The highest BCUT2D eigenvalue weighted by atomic mass is 16.3. The first-order valence-electron chi connectivity index (χ1n) is 6.36. The first-order valence-corrected chi connectivity index (χ1v) is 6.36. The first kappa shape index (κ1) is 14.1. The molecule has 6 heteroatoms. The number of phenolic OH excluding ortho intramolecular Hbond substituents is 1. The molecule has 1 heterocycles. The summed E-state index contributed by atoms with van der Waals surface area (Å²) >= 11 is 0. The largest absolute Gasteiger partial charge is 0.508 e. The molecule has 0 aliphatic rings. The zero-order chi connectivity index (χ0) is 14.5. The number of hydrogen-bond donors (Lipinski definition) is 4. The number of aromatic hydroxyl groups is 1. The molecule has 0 saturated carbocycles. The lowest BCUT2D eigenvalue weighted by Crippen LogP contribution is -2.41. The molecule has 0 spiro atoms. The molecule has 0 radical (unpaired) electrons. The van der Waals surface area contributed by atoms with Crippen LogP contribution in [-0.2, 0) is 17.8 Å². The Morgan fingerprint density at radius 2 is 2.15 bits per heavy atom. The number of rotatable bonds is 5. The van der Waals surface area contributed by atoms with Crippen molar-refractivity contribution in [2.75, 3.05) is 0 Å². The number of aromatic nitrogens is 2. The fourth-order valence-electron chi connectivity index (χ4n) is 1.85. The minimum absolute atomic E-state index is 0.196. The summed E-state index contributed by atoms with van der Waals surface area (Å²) in [4.78, 5) is 11.9. The average molecular weight is 274 g/mol. The third-order valence-electron chi connectivity index (χ3n) is 3.12. The lowest BCUT2D eigenvalue weighted by Gasteiger charge is -2.12. The summed E-state index contributed by atoms with van der Waals surface area (Å²) in [6.45, 7) is 2.30. The molecular formula is C14H18N4O2. The third-order valence-corrected chi connectivity index (χ3v) is 3.12. The quantitative estimate of drug-likeness (QED) is 0.641. The van der Waals surface area contributed by atoms with E-state index >= 15 is 0 Å². The molecule has 1 aromatic carbocycles. The van der Waals surface area contributed by atoms with E-state index in [-0.39, 0.29) is 11.7 Å². The number of nitrogens with two attached hydrogens (primary N) is 1. The molecule has 2 rings (SSSR count). The van der Waals surface area contributed by atoms with Crippen molar-refractivity contribution in [3.63, 3.8) is 0 Å². The van der Waals surface area contributed by atoms with E-state index in [0.29, 0.717) is 13.0 Å². The van der Waals surface area contributed by atoms with Gasteiger partial charge in [0.15, 0.2) is 0 Å². The summed E-state index contributed by atoms with van der Waals surface area (Å²) < 4.78 is 0. The maximum atomic E-state index is 11.9. The van der Waals surface area contributed by atoms with E-state index in [9.17, 15) is 9.90 Å². The predicted molar refractivity (Wildman–Crippen MR) is 75.0 cm³/mol. The topological polar surface area (TPSA) is 104 Å². The van der Waals surface area contributed by atoms with Crippen LogP contribution in [-0.4, -0.2) is 27.3 Å². The van der Waals surface area contributed by atoms with E-state index in [1.807, 2.05) is 6.92 Å². The molecule has 6 nitrogen and oxygen atoms in total. The molecule has 20 heavy (non-hydrogen) atoms. The number of nitrogens with one attached hydrogen (secondary N) is 2. The predicted octanol–water partition coefficient (Wildman–Crippen LogP) is 0.610. The van der Waals surface area contributed by atoms with Crippen LogP contribution in [0, 0.1) is 6.92 Å². The molecule has 2 aromatic rings. The van der Waals surface area contributed by atoms with Gasteiger partial charge < -0.3 is 16.2 Å². The molecule has 0 saturated heterocycles.